The third kappa shape index (κ3) is 3.26. The maximum absolute atomic E-state index is 13.2. The van der Waals surface area contributed by atoms with Crippen LogP contribution in [0.4, 0.5) is 14.5 Å². The van der Waals surface area contributed by atoms with E-state index in [9.17, 15) is 23.7 Å². The topological polar surface area (TPSA) is 87.2 Å². The van der Waals surface area contributed by atoms with Crippen LogP contribution in [-0.2, 0) is 0 Å². The minimum atomic E-state index is -1.40. The second-order valence-corrected chi connectivity index (χ2v) is 3.83. The normalized spacial score (nSPS) is 9.90. The highest BCUT2D eigenvalue weighted by Gasteiger charge is 2.26. The fourth-order valence-electron chi connectivity index (χ4n) is 1.62. The lowest BCUT2D eigenvalue weighted by Crippen LogP contribution is -2.32. The van der Waals surface area contributed by atoms with E-state index >= 15 is 0 Å². The molecule has 106 valence electrons. The SMILES string of the molecule is CCN(CCC#N)C(=O)c1cc(F)c(F)cc1[N+](=O)[O-]. The molecule has 1 aromatic rings. The van der Waals surface area contributed by atoms with Gasteiger partial charge in [-0.25, -0.2) is 8.78 Å². The van der Waals surface area contributed by atoms with Crippen LogP contribution in [-0.4, -0.2) is 28.8 Å². The maximum Gasteiger partial charge on any atom is 0.285 e. The van der Waals surface area contributed by atoms with E-state index in [4.69, 9.17) is 5.26 Å². The number of nitro benzene ring substituents is 1. The number of hydrogen-bond acceptors (Lipinski definition) is 4. The van der Waals surface area contributed by atoms with E-state index in [2.05, 4.69) is 0 Å². The molecule has 0 aliphatic rings. The number of nitrogens with zero attached hydrogens (tertiary/aromatic N) is 3. The van der Waals surface area contributed by atoms with Crippen LogP contribution >= 0.6 is 0 Å². The molecule has 1 aromatic carbocycles. The predicted molar refractivity (Wildman–Crippen MR) is 64.8 cm³/mol. The van der Waals surface area contributed by atoms with Crippen molar-refractivity contribution in [1.29, 1.82) is 5.26 Å². The molecule has 0 radical (unpaired) electrons. The fourth-order valence-corrected chi connectivity index (χ4v) is 1.62. The average molecular weight is 283 g/mol. The Hall–Kier alpha value is -2.56. The number of carbonyl (C=O) groups is 1. The van der Waals surface area contributed by atoms with E-state index in [1.807, 2.05) is 6.07 Å². The van der Waals surface area contributed by atoms with Crippen molar-refractivity contribution in [3.63, 3.8) is 0 Å². The molecule has 20 heavy (non-hydrogen) atoms. The number of amides is 1. The molecule has 0 bridgehead atoms. The van der Waals surface area contributed by atoms with Crippen LogP contribution in [0.3, 0.4) is 0 Å². The molecule has 0 aliphatic heterocycles. The van der Waals surface area contributed by atoms with Gasteiger partial charge in [-0.3, -0.25) is 14.9 Å². The van der Waals surface area contributed by atoms with Gasteiger partial charge in [0.1, 0.15) is 5.56 Å². The first-order chi connectivity index (χ1) is 9.42. The molecule has 8 heteroatoms. The van der Waals surface area contributed by atoms with Gasteiger partial charge in [0.2, 0.25) is 0 Å². The molecule has 0 aliphatic carbocycles. The zero-order chi connectivity index (χ0) is 15.3. The number of nitro groups is 1. The van der Waals surface area contributed by atoms with Crippen molar-refractivity contribution in [3.05, 3.63) is 39.4 Å². The Morgan fingerprint density at radius 2 is 2.05 bits per heavy atom. The van der Waals surface area contributed by atoms with Crippen LogP contribution in [0.5, 0.6) is 0 Å². The molecule has 1 rings (SSSR count). The minimum absolute atomic E-state index is 0.0387. The molecule has 0 unspecified atom stereocenters. The lowest BCUT2D eigenvalue weighted by Gasteiger charge is -2.19. The summed E-state index contributed by atoms with van der Waals surface area (Å²) in [6.07, 6.45) is 0.0387. The Bertz CT molecular complexity index is 584. The van der Waals surface area contributed by atoms with Gasteiger partial charge in [0, 0.05) is 13.1 Å². The molecule has 0 fully saturated rings. The summed E-state index contributed by atoms with van der Waals surface area (Å²) in [7, 11) is 0. The number of hydrogen-bond donors (Lipinski definition) is 0. The van der Waals surface area contributed by atoms with Gasteiger partial charge in [-0.2, -0.15) is 5.26 Å². The Kier molecular flexibility index (Phi) is 5.08. The summed E-state index contributed by atoms with van der Waals surface area (Å²) in [4.78, 5) is 23.1. The van der Waals surface area contributed by atoms with Crippen LogP contribution in [0.1, 0.15) is 23.7 Å². The number of halogens is 2. The lowest BCUT2D eigenvalue weighted by atomic mass is 10.1. The van der Waals surface area contributed by atoms with Gasteiger partial charge in [-0.1, -0.05) is 0 Å². The molecular formula is C12H11F2N3O3. The maximum atomic E-state index is 13.2. The van der Waals surface area contributed by atoms with E-state index < -0.39 is 33.7 Å². The lowest BCUT2D eigenvalue weighted by molar-refractivity contribution is -0.385. The van der Waals surface area contributed by atoms with Crippen molar-refractivity contribution in [2.24, 2.45) is 0 Å². The van der Waals surface area contributed by atoms with Crippen molar-refractivity contribution in [2.75, 3.05) is 13.1 Å². The monoisotopic (exact) mass is 283 g/mol. The summed E-state index contributed by atoms with van der Waals surface area (Å²) in [5, 5.41) is 19.3. The van der Waals surface area contributed by atoms with Crippen LogP contribution in [0.2, 0.25) is 0 Å². The molecular weight excluding hydrogens is 272 g/mol. The van der Waals surface area contributed by atoms with Crippen molar-refractivity contribution in [1.82, 2.24) is 4.90 Å². The third-order valence-corrected chi connectivity index (χ3v) is 2.63. The van der Waals surface area contributed by atoms with Gasteiger partial charge in [0.15, 0.2) is 11.6 Å². The number of carbonyl (C=O) groups excluding carboxylic acids is 1. The Morgan fingerprint density at radius 1 is 1.45 bits per heavy atom. The first-order valence-electron chi connectivity index (χ1n) is 5.72. The largest absolute Gasteiger partial charge is 0.338 e. The zero-order valence-corrected chi connectivity index (χ0v) is 10.6. The molecule has 0 spiro atoms. The van der Waals surface area contributed by atoms with E-state index in [0.717, 1.165) is 4.90 Å². The smallest absolute Gasteiger partial charge is 0.285 e. The van der Waals surface area contributed by atoms with E-state index in [0.29, 0.717) is 12.1 Å². The molecule has 0 atom stereocenters. The molecule has 0 N–H and O–H groups in total. The van der Waals surface area contributed by atoms with Crippen LogP contribution in [0.25, 0.3) is 0 Å². The molecule has 6 nitrogen and oxygen atoms in total. The summed E-state index contributed by atoms with van der Waals surface area (Å²) >= 11 is 0. The van der Waals surface area contributed by atoms with Crippen molar-refractivity contribution in [3.8, 4) is 6.07 Å². The highest BCUT2D eigenvalue weighted by Crippen LogP contribution is 2.23. The summed E-state index contributed by atoms with van der Waals surface area (Å²) in [6.45, 7) is 1.86. The Morgan fingerprint density at radius 3 is 2.55 bits per heavy atom. The molecule has 0 saturated heterocycles. The van der Waals surface area contributed by atoms with E-state index in [1.54, 1.807) is 6.92 Å². The first-order valence-corrected chi connectivity index (χ1v) is 5.72. The van der Waals surface area contributed by atoms with Gasteiger partial charge in [0.05, 0.1) is 23.5 Å². The van der Waals surface area contributed by atoms with Gasteiger partial charge in [0.25, 0.3) is 11.6 Å². The Balaban J connectivity index is 3.23. The summed E-state index contributed by atoms with van der Waals surface area (Å²) < 4.78 is 26.2. The van der Waals surface area contributed by atoms with E-state index in [1.165, 1.54) is 0 Å². The van der Waals surface area contributed by atoms with Crippen LogP contribution < -0.4 is 0 Å². The quantitative estimate of drug-likeness (QED) is 0.612. The summed E-state index contributed by atoms with van der Waals surface area (Å²) in [5.74, 6) is -3.54. The van der Waals surface area contributed by atoms with Gasteiger partial charge >= 0.3 is 0 Å². The molecule has 0 aromatic heterocycles. The van der Waals surface area contributed by atoms with Crippen molar-refractivity contribution < 1.29 is 18.5 Å². The fraction of sp³-hybridized carbons (Fsp3) is 0.333. The predicted octanol–water partition coefficient (Wildman–Crippen LogP) is 2.25. The van der Waals surface area contributed by atoms with Crippen molar-refractivity contribution >= 4 is 11.6 Å². The zero-order valence-electron chi connectivity index (χ0n) is 10.6. The summed E-state index contributed by atoms with van der Waals surface area (Å²) in [6, 6.07) is 2.72. The number of benzene rings is 1. The number of nitriles is 1. The van der Waals surface area contributed by atoms with Gasteiger partial charge in [-0.05, 0) is 13.0 Å². The number of rotatable bonds is 5. The van der Waals surface area contributed by atoms with Gasteiger partial charge in [-0.15, -0.1) is 0 Å². The van der Waals surface area contributed by atoms with Crippen LogP contribution in [0.15, 0.2) is 12.1 Å². The third-order valence-electron chi connectivity index (χ3n) is 2.63. The van der Waals surface area contributed by atoms with E-state index in [-0.39, 0.29) is 19.5 Å². The van der Waals surface area contributed by atoms with Crippen molar-refractivity contribution in [2.45, 2.75) is 13.3 Å². The molecule has 0 heterocycles. The molecule has 1 amide bonds. The standard InChI is InChI=1S/C12H11F2N3O3/c1-2-16(5-3-4-15)12(18)8-6-9(13)10(14)7-11(8)17(19)20/h6-7H,2-3,5H2,1H3. The summed E-state index contributed by atoms with van der Waals surface area (Å²) in [5.41, 5.74) is -1.34. The van der Waals surface area contributed by atoms with Gasteiger partial charge < -0.3 is 4.90 Å². The second-order valence-electron chi connectivity index (χ2n) is 3.83. The first kappa shape index (κ1) is 15.5. The molecule has 0 saturated carbocycles. The highest BCUT2D eigenvalue weighted by molar-refractivity contribution is 5.98. The average Bonchev–Trinajstić information content (AvgIpc) is 2.41. The highest BCUT2D eigenvalue weighted by atomic mass is 19.2. The van der Waals surface area contributed by atoms with Crippen LogP contribution in [0, 0.1) is 33.1 Å². The minimum Gasteiger partial charge on any atom is -0.338 e. The second kappa shape index (κ2) is 6.56. The Labute approximate surface area is 113 Å².